The van der Waals surface area contributed by atoms with Crippen LogP contribution < -0.4 is 11.1 Å². The molecule has 0 bridgehead atoms. The first-order valence-corrected chi connectivity index (χ1v) is 24.4. The molecule has 2 unspecified atom stereocenters. The van der Waals surface area contributed by atoms with E-state index in [1.54, 1.807) is 60.9 Å². The summed E-state index contributed by atoms with van der Waals surface area (Å²) in [6.07, 6.45) is -0.619. The van der Waals surface area contributed by atoms with Crippen molar-refractivity contribution in [3.05, 3.63) is 66.4 Å². The van der Waals surface area contributed by atoms with Crippen LogP contribution in [0.25, 0.3) is 11.3 Å². The number of methoxy groups -OCH3 is 1. The van der Waals surface area contributed by atoms with E-state index >= 15 is 0 Å². The fourth-order valence-electron chi connectivity index (χ4n) is 10.1. The van der Waals surface area contributed by atoms with E-state index in [-0.39, 0.29) is 25.2 Å². The van der Waals surface area contributed by atoms with Gasteiger partial charge in [-0.05, 0) is 111 Å². The highest BCUT2D eigenvalue weighted by Crippen LogP contribution is 2.40. The van der Waals surface area contributed by atoms with Gasteiger partial charge in [0.05, 0.1) is 36.1 Å². The molecule has 2 fully saturated rings. The van der Waals surface area contributed by atoms with Gasteiger partial charge in [-0.3, -0.25) is 19.2 Å². The number of nitrogens with one attached hydrogen (secondary N) is 1. The largest absolute Gasteiger partial charge is 0.460 e. The van der Waals surface area contributed by atoms with Gasteiger partial charge in [0, 0.05) is 49.5 Å². The Morgan fingerprint density at radius 3 is 2.38 bits per heavy atom. The summed E-state index contributed by atoms with van der Waals surface area (Å²) in [5.41, 5.74) is 6.12. The zero-order chi connectivity index (χ0) is 50.6. The van der Waals surface area contributed by atoms with E-state index in [4.69, 9.17) is 34.2 Å². The van der Waals surface area contributed by atoms with Crippen molar-refractivity contribution >= 4 is 29.5 Å². The highest BCUT2D eigenvalue weighted by molar-refractivity contribution is 6.00. The van der Waals surface area contributed by atoms with Gasteiger partial charge in [0.2, 0.25) is 0 Å². The molecule has 1 aromatic heterocycles. The summed E-state index contributed by atoms with van der Waals surface area (Å²) in [4.78, 5) is 59.2. The molecule has 1 amide bonds. The number of esters is 2. The standard InChI is InChI=1S/C51H77N7O11/c1-12-40(56(9)10)43(60)48(66-27-26-65-47(62)36-20-15-14-16-21-36)68-45-33(4)42(59)34(5)46(61)67-41(13-2)51(8)44(35(6)53-30-32(3)29-50(45,7)64-11)58(49(63)69-51)25-18-17-24-57-31-39(54-55-57)37-22-19-23-38(52)28-37/h14-16,19-23,28,31-35,40-41,43-45,48,53,60H,12-13,17-18,24-27,29-30,52H2,1-11H3/t32-,33+,34-,35-,40?,41-,43?,44-,45-,48+,50-,51-/m1/s1. The molecule has 2 aliphatic rings. The Labute approximate surface area is 407 Å². The number of hydrogen-bond acceptors (Lipinski definition) is 16. The van der Waals surface area contributed by atoms with Gasteiger partial charge in [0.25, 0.3) is 0 Å². The smallest absolute Gasteiger partial charge is 0.410 e. The molecule has 0 radical (unpaired) electrons. The van der Waals surface area contributed by atoms with Crippen molar-refractivity contribution in [3.63, 3.8) is 0 Å². The third kappa shape index (κ3) is 13.5. The van der Waals surface area contributed by atoms with Crippen molar-refractivity contribution in [2.24, 2.45) is 17.8 Å². The second-order valence-electron chi connectivity index (χ2n) is 19.4. The zero-order valence-corrected chi connectivity index (χ0v) is 42.5. The summed E-state index contributed by atoms with van der Waals surface area (Å²) in [6, 6.07) is 14.7. The number of benzene rings is 2. The number of rotatable bonds is 19. The summed E-state index contributed by atoms with van der Waals surface area (Å²) in [7, 11) is 5.23. The maximum atomic E-state index is 14.7. The summed E-state index contributed by atoms with van der Waals surface area (Å²) >= 11 is 0. The quantitative estimate of drug-likeness (QED) is 0.0325. The average molecular weight is 964 g/mol. The number of aliphatic hydroxyl groups excluding tert-OH is 1. The number of aliphatic hydroxyl groups is 1. The number of cyclic esters (lactones) is 1. The molecule has 3 aromatic rings. The van der Waals surface area contributed by atoms with Crippen LogP contribution in [0.15, 0.2) is 60.8 Å². The minimum atomic E-state index is -1.31. The fourth-order valence-corrected chi connectivity index (χ4v) is 10.1. The molecule has 5 rings (SSSR count). The first kappa shape index (κ1) is 55.0. The molecule has 18 heteroatoms. The highest BCUT2D eigenvalue weighted by atomic mass is 16.7. The summed E-state index contributed by atoms with van der Waals surface area (Å²) < 4.78 is 39.1. The molecule has 2 aliphatic heterocycles. The number of aromatic nitrogens is 3. The van der Waals surface area contributed by atoms with E-state index in [1.165, 1.54) is 6.92 Å². The predicted octanol–water partition coefficient (Wildman–Crippen LogP) is 5.76. The molecule has 4 N–H and O–H groups in total. The summed E-state index contributed by atoms with van der Waals surface area (Å²) in [5, 5.41) is 24.2. The van der Waals surface area contributed by atoms with Crippen LogP contribution in [0.2, 0.25) is 0 Å². The third-order valence-corrected chi connectivity index (χ3v) is 13.9. The lowest BCUT2D eigenvalue weighted by atomic mass is 9.78. The number of nitrogens with two attached hydrogens (primary N) is 1. The third-order valence-electron chi connectivity index (χ3n) is 13.9. The molecule has 382 valence electrons. The second-order valence-corrected chi connectivity index (χ2v) is 19.4. The number of amides is 1. The van der Waals surface area contributed by atoms with Crippen LogP contribution >= 0.6 is 0 Å². The number of hydrogen-bond donors (Lipinski definition) is 3. The van der Waals surface area contributed by atoms with E-state index in [0.29, 0.717) is 68.7 Å². The van der Waals surface area contributed by atoms with Crippen LogP contribution in [-0.4, -0.2) is 155 Å². The van der Waals surface area contributed by atoms with Gasteiger partial charge in [-0.15, -0.1) is 5.10 Å². The maximum absolute atomic E-state index is 14.7. The van der Waals surface area contributed by atoms with Gasteiger partial charge in [-0.25, -0.2) is 9.59 Å². The Bertz CT molecular complexity index is 2140. The number of aryl methyl sites for hydroxylation is 1. The van der Waals surface area contributed by atoms with Crippen LogP contribution in [0.4, 0.5) is 10.5 Å². The zero-order valence-electron chi connectivity index (χ0n) is 42.5. The maximum Gasteiger partial charge on any atom is 0.410 e. The van der Waals surface area contributed by atoms with E-state index in [2.05, 4.69) is 22.6 Å². The number of ether oxygens (including phenoxy) is 6. The van der Waals surface area contributed by atoms with Crippen LogP contribution in [0.5, 0.6) is 0 Å². The lowest BCUT2D eigenvalue weighted by Gasteiger charge is -2.44. The van der Waals surface area contributed by atoms with Gasteiger partial charge in [-0.2, -0.15) is 0 Å². The summed E-state index contributed by atoms with van der Waals surface area (Å²) in [5.74, 6) is -4.12. The van der Waals surface area contributed by atoms with E-state index in [0.717, 1.165) is 5.56 Å². The van der Waals surface area contributed by atoms with Crippen LogP contribution in [0.3, 0.4) is 0 Å². The number of carbonyl (C=O) groups excluding carboxylic acids is 4. The molecule has 3 heterocycles. The fraction of sp³-hybridized carbons (Fsp3) is 0.647. The molecule has 2 saturated heterocycles. The Morgan fingerprint density at radius 2 is 1.72 bits per heavy atom. The van der Waals surface area contributed by atoms with Gasteiger partial charge >= 0.3 is 18.0 Å². The number of unbranched alkanes of at least 4 members (excludes halogenated alkanes) is 1. The number of nitrogen functional groups attached to an aromatic ring is 1. The van der Waals surface area contributed by atoms with Gasteiger partial charge in [-0.1, -0.05) is 63.2 Å². The van der Waals surface area contributed by atoms with Crippen LogP contribution in [0.1, 0.15) is 97.9 Å². The Morgan fingerprint density at radius 1 is 1.01 bits per heavy atom. The highest BCUT2D eigenvalue weighted by Gasteiger charge is 2.58. The van der Waals surface area contributed by atoms with Crippen molar-refractivity contribution < 1.29 is 52.7 Å². The van der Waals surface area contributed by atoms with Crippen LogP contribution in [-0.2, 0) is 44.6 Å². The molecule has 12 atom stereocenters. The predicted molar refractivity (Wildman–Crippen MR) is 260 cm³/mol. The van der Waals surface area contributed by atoms with Crippen molar-refractivity contribution in [1.29, 1.82) is 0 Å². The van der Waals surface area contributed by atoms with Crippen LogP contribution in [0, 0.1) is 17.8 Å². The molecule has 0 spiro atoms. The van der Waals surface area contributed by atoms with Crippen molar-refractivity contribution in [2.75, 3.05) is 53.2 Å². The Balaban J connectivity index is 1.38. The van der Waals surface area contributed by atoms with E-state index in [9.17, 15) is 24.3 Å². The average Bonchev–Trinajstić information content (AvgIpc) is 3.91. The molecular formula is C51H77N7O11. The minimum absolute atomic E-state index is 0.0994. The number of carbonyl (C=O) groups is 4. The normalized spacial score (nSPS) is 28.5. The molecule has 0 aliphatic carbocycles. The first-order chi connectivity index (χ1) is 32.8. The first-order valence-electron chi connectivity index (χ1n) is 24.4. The molecule has 0 saturated carbocycles. The lowest BCUT2D eigenvalue weighted by Crippen LogP contribution is -2.61. The number of ketones is 1. The monoisotopic (exact) mass is 964 g/mol. The number of Topliss-reactive ketones (excluding diaryl/α,β-unsaturated/α-hetero) is 1. The van der Waals surface area contributed by atoms with Gasteiger partial charge < -0.3 is 49.5 Å². The minimum Gasteiger partial charge on any atom is -0.460 e. The van der Waals surface area contributed by atoms with Gasteiger partial charge in [0.15, 0.2) is 17.7 Å². The van der Waals surface area contributed by atoms with Crippen molar-refractivity contribution in [3.8, 4) is 11.3 Å². The molecular weight excluding hydrogens is 887 g/mol. The van der Waals surface area contributed by atoms with Crippen molar-refractivity contribution in [1.82, 2.24) is 30.1 Å². The van der Waals surface area contributed by atoms with E-state index < -0.39 is 83.5 Å². The van der Waals surface area contributed by atoms with E-state index in [1.807, 2.05) is 77.2 Å². The molecule has 2 aromatic carbocycles. The second kappa shape index (κ2) is 24.7. The Hall–Kier alpha value is -4.98. The number of anilines is 1. The lowest BCUT2D eigenvalue weighted by molar-refractivity contribution is -0.268. The Kier molecular flexibility index (Phi) is 19.7. The van der Waals surface area contributed by atoms with Crippen molar-refractivity contribution in [2.45, 2.75) is 148 Å². The number of fused-ring (bicyclic) bond motifs is 1. The van der Waals surface area contributed by atoms with Gasteiger partial charge in [0.1, 0.15) is 30.4 Å². The molecule has 69 heavy (non-hydrogen) atoms. The SMILES string of the molecule is CCC(C(O)[C@@H](OCCOC(=O)c1ccccc1)O[C@@H]1[C@@H](C)C(=O)[C@@H](C)C(=O)O[C@H](CC)[C@@]2(C)OC(=O)N(CCCCn3cc(-c4cccc(N)c4)nn3)[C@@H]2[C@@H](C)NC[C@H](C)C[C@@]1(C)OC)N(C)C. The topological polar surface area (TPSA) is 219 Å². The summed E-state index contributed by atoms with van der Waals surface area (Å²) in [6.45, 7) is 15.8. The number of likely N-dealkylation sites (N-methyl/N-ethyl adjacent to an activating group) is 1. The number of nitrogens with zero attached hydrogens (tertiary/aromatic N) is 5. The molecule has 18 nitrogen and oxygen atoms in total.